The summed E-state index contributed by atoms with van der Waals surface area (Å²) in [5, 5.41) is 4.45. The summed E-state index contributed by atoms with van der Waals surface area (Å²) in [7, 11) is 1.42. The van der Waals surface area contributed by atoms with Gasteiger partial charge in [0, 0.05) is 11.3 Å². The molecule has 1 aromatic heterocycles. The zero-order chi connectivity index (χ0) is 13.2. The number of rotatable bonds is 3. The van der Waals surface area contributed by atoms with Crippen LogP contribution in [0.1, 0.15) is 28.2 Å². The number of hydrogen-bond donors (Lipinski definition) is 1. The van der Waals surface area contributed by atoms with Crippen LogP contribution in [-0.4, -0.2) is 22.8 Å². The van der Waals surface area contributed by atoms with Gasteiger partial charge in [-0.2, -0.15) is 5.10 Å². The summed E-state index contributed by atoms with van der Waals surface area (Å²) in [6.45, 7) is 0. The van der Waals surface area contributed by atoms with Gasteiger partial charge in [-0.1, -0.05) is 18.2 Å². The van der Waals surface area contributed by atoms with Crippen molar-refractivity contribution in [2.75, 3.05) is 7.11 Å². The van der Waals surface area contributed by atoms with Crippen molar-refractivity contribution in [3.63, 3.8) is 0 Å². The highest BCUT2D eigenvalue weighted by Gasteiger charge is 2.26. The lowest BCUT2D eigenvalue weighted by molar-refractivity contribution is 0.0531. The van der Waals surface area contributed by atoms with Gasteiger partial charge in [0.25, 0.3) is 5.91 Å². The molecule has 0 radical (unpaired) electrons. The normalized spacial score (nSPS) is 13.3. The Morgan fingerprint density at radius 1 is 1.32 bits per heavy atom. The minimum Gasteiger partial charge on any atom is -0.277 e. The fourth-order valence-corrected chi connectivity index (χ4v) is 2.54. The molecule has 2 aromatic rings. The van der Waals surface area contributed by atoms with Crippen molar-refractivity contribution in [3.05, 3.63) is 47.3 Å². The molecule has 0 fully saturated rings. The molecular weight excluding hydrogens is 242 g/mol. The summed E-state index contributed by atoms with van der Waals surface area (Å²) in [6.07, 6.45) is 2.92. The third kappa shape index (κ3) is 2.02. The van der Waals surface area contributed by atoms with Crippen LogP contribution in [0.15, 0.2) is 30.3 Å². The SMILES string of the molecule is CONC(=O)c1nn(-c2ccccc2)c2c1CCC2. The van der Waals surface area contributed by atoms with Gasteiger partial charge in [0.15, 0.2) is 5.69 Å². The third-order valence-electron chi connectivity index (χ3n) is 3.34. The second-order valence-electron chi connectivity index (χ2n) is 4.51. The van der Waals surface area contributed by atoms with Crippen LogP contribution in [0.25, 0.3) is 5.69 Å². The largest absolute Gasteiger partial charge is 0.295 e. The fraction of sp³-hybridized carbons (Fsp3) is 0.286. The summed E-state index contributed by atoms with van der Waals surface area (Å²) in [5.41, 5.74) is 5.97. The fourth-order valence-electron chi connectivity index (χ4n) is 2.54. The van der Waals surface area contributed by atoms with Gasteiger partial charge in [-0.05, 0) is 31.4 Å². The first-order chi connectivity index (χ1) is 9.31. The first-order valence-electron chi connectivity index (χ1n) is 6.31. The van der Waals surface area contributed by atoms with E-state index >= 15 is 0 Å². The number of aromatic nitrogens is 2. The monoisotopic (exact) mass is 257 g/mol. The number of carbonyl (C=O) groups excluding carboxylic acids is 1. The number of carbonyl (C=O) groups is 1. The predicted molar refractivity (Wildman–Crippen MR) is 70.1 cm³/mol. The molecule has 0 aliphatic heterocycles. The van der Waals surface area contributed by atoms with Gasteiger partial charge in [0.1, 0.15) is 0 Å². The van der Waals surface area contributed by atoms with Crippen molar-refractivity contribution in [2.24, 2.45) is 0 Å². The Morgan fingerprint density at radius 3 is 2.84 bits per heavy atom. The number of fused-ring (bicyclic) bond motifs is 1. The average Bonchev–Trinajstić information content (AvgIpc) is 3.01. The molecule has 3 rings (SSSR count). The van der Waals surface area contributed by atoms with Crippen molar-refractivity contribution in [1.29, 1.82) is 0 Å². The van der Waals surface area contributed by atoms with Crippen molar-refractivity contribution >= 4 is 5.91 Å². The maximum Gasteiger partial charge on any atom is 0.295 e. The van der Waals surface area contributed by atoms with Gasteiger partial charge in [-0.25, -0.2) is 10.2 Å². The molecule has 0 bridgehead atoms. The Hall–Kier alpha value is -2.14. The second-order valence-corrected chi connectivity index (χ2v) is 4.51. The Labute approximate surface area is 111 Å². The van der Waals surface area contributed by atoms with Crippen LogP contribution in [-0.2, 0) is 17.7 Å². The van der Waals surface area contributed by atoms with Gasteiger partial charge in [-0.15, -0.1) is 0 Å². The molecule has 0 saturated heterocycles. The first-order valence-corrected chi connectivity index (χ1v) is 6.31. The highest BCUT2D eigenvalue weighted by Crippen LogP contribution is 2.27. The van der Waals surface area contributed by atoms with Crippen molar-refractivity contribution < 1.29 is 9.63 Å². The second kappa shape index (κ2) is 4.85. The first kappa shape index (κ1) is 11.9. The number of hydroxylamine groups is 1. The van der Waals surface area contributed by atoms with Crippen LogP contribution >= 0.6 is 0 Å². The summed E-state index contributed by atoms with van der Waals surface area (Å²) in [5.74, 6) is -0.282. The van der Waals surface area contributed by atoms with Gasteiger partial charge in [-0.3, -0.25) is 9.63 Å². The predicted octanol–water partition coefficient (Wildman–Crippen LogP) is 1.65. The molecule has 1 aliphatic rings. The Morgan fingerprint density at radius 2 is 2.11 bits per heavy atom. The molecule has 5 nitrogen and oxygen atoms in total. The van der Waals surface area contributed by atoms with Crippen LogP contribution in [0.5, 0.6) is 0 Å². The molecule has 0 spiro atoms. The lowest BCUT2D eigenvalue weighted by Gasteiger charge is -2.04. The van der Waals surface area contributed by atoms with E-state index in [0.29, 0.717) is 5.69 Å². The van der Waals surface area contributed by atoms with Gasteiger partial charge < -0.3 is 0 Å². The van der Waals surface area contributed by atoms with E-state index in [1.165, 1.54) is 7.11 Å². The molecule has 1 aliphatic carbocycles. The van der Waals surface area contributed by atoms with Gasteiger partial charge in [0.2, 0.25) is 0 Å². The molecule has 1 amide bonds. The molecule has 0 saturated carbocycles. The van der Waals surface area contributed by atoms with E-state index in [1.54, 1.807) is 0 Å². The van der Waals surface area contributed by atoms with E-state index in [4.69, 9.17) is 0 Å². The number of hydrogen-bond acceptors (Lipinski definition) is 3. The summed E-state index contributed by atoms with van der Waals surface area (Å²) >= 11 is 0. The average molecular weight is 257 g/mol. The van der Waals surface area contributed by atoms with E-state index in [-0.39, 0.29) is 5.91 Å². The topological polar surface area (TPSA) is 56.1 Å². The zero-order valence-corrected chi connectivity index (χ0v) is 10.7. The number of nitrogens with zero attached hydrogens (tertiary/aromatic N) is 2. The Kier molecular flexibility index (Phi) is 3.05. The summed E-state index contributed by atoms with van der Waals surface area (Å²) < 4.78 is 1.87. The minimum atomic E-state index is -0.282. The van der Waals surface area contributed by atoms with Gasteiger partial charge >= 0.3 is 0 Å². The van der Waals surface area contributed by atoms with Crippen LogP contribution < -0.4 is 5.48 Å². The Balaban J connectivity index is 2.08. The van der Waals surface area contributed by atoms with Crippen molar-refractivity contribution in [1.82, 2.24) is 15.3 Å². The van der Waals surface area contributed by atoms with E-state index in [1.807, 2.05) is 35.0 Å². The molecule has 0 unspecified atom stereocenters. The molecule has 1 heterocycles. The quantitative estimate of drug-likeness (QED) is 0.851. The Bertz CT molecular complexity index is 605. The minimum absolute atomic E-state index is 0.282. The number of para-hydroxylation sites is 1. The van der Waals surface area contributed by atoms with E-state index in [9.17, 15) is 4.79 Å². The molecule has 5 heteroatoms. The molecule has 19 heavy (non-hydrogen) atoms. The third-order valence-corrected chi connectivity index (χ3v) is 3.34. The van der Waals surface area contributed by atoms with E-state index in [2.05, 4.69) is 15.4 Å². The molecular formula is C14H15N3O2. The lowest BCUT2D eigenvalue weighted by Crippen LogP contribution is -2.23. The molecule has 98 valence electrons. The van der Waals surface area contributed by atoms with Crippen LogP contribution in [0, 0.1) is 0 Å². The number of amides is 1. The van der Waals surface area contributed by atoms with Crippen molar-refractivity contribution in [2.45, 2.75) is 19.3 Å². The number of benzene rings is 1. The summed E-state index contributed by atoms with van der Waals surface area (Å²) in [4.78, 5) is 16.6. The van der Waals surface area contributed by atoms with E-state index in [0.717, 1.165) is 36.2 Å². The molecule has 0 atom stereocenters. The molecule has 1 N–H and O–H groups in total. The maximum absolute atomic E-state index is 11.9. The molecule has 1 aromatic carbocycles. The highest BCUT2D eigenvalue weighted by molar-refractivity contribution is 5.93. The van der Waals surface area contributed by atoms with Crippen LogP contribution in [0.2, 0.25) is 0 Å². The smallest absolute Gasteiger partial charge is 0.277 e. The summed E-state index contributed by atoms with van der Waals surface area (Å²) in [6, 6.07) is 9.87. The maximum atomic E-state index is 11.9. The van der Waals surface area contributed by atoms with Gasteiger partial charge in [0.05, 0.1) is 12.8 Å². The van der Waals surface area contributed by atoms with Crippen LogP contribution in [0.4, 0.5) is 0 Å². The van der Waals surface area contributed by atoms with Crippen molar-refractivity contribution in [3.8, 4) is 5.69 Å². The lowest BCUT2D eigenvalue weighted by atomic mass is 10.2. The number of nitrogens with one attached hydrogen (secondary N) is 1. The van der Waals surface area contributed by atoms with Crippen LogP contribution in [0.3, 0.4) is 0 Å². The standard InChI is InChI=1S/C14H15N3O2/c1-19-16-14(18)13-11-8-5-9-12(11)17(15-13)10-6-3-2-4-7-10/h2-4,6-7H,5,8-9H2,1H3,(H,16,18). The zero-order valence-electron chi connectivity index (χ0n) is 10.7. The highest BCUT2D eigenvalue weighted by atomic mass is 16.6. The van der Waals surface area contributed by atoms with E-state index < -0.39 is 0 Å².